The standard InChI is InChI=1S/C10H8Cl2O3/c1-15-9-3-2-6(4-7(9)12)10(14)8(13)5-11/h2-4H,5H2,1H3. The summed E-state index contributed by atoms with van der Waals surface area (Å²) < 4.78 is 4.91. The van der Waals surface area contributed by atoms with E-state index in [1.54, 1.807) is 0 Å². The number of halogens is 2. The van der Waals surface area contributed by atoms with Gasteiger partial charge in [-0.3, -0.25) is 9.59 Å². The molecule has 0 aliphatic heterocycles. The number of ketones is 2. The maximum Gasteiger partial charge on any atom is 0.229 e. The Morgan fingerprint density at radius 3 is 2.53 bits per heavy atom. The molecule has 0 saturated carbocycles. The summed E-state index contributed by atoms with van der Waals surface area (Å²) in [4.78, 5) is 22.4. The van der Waals surface area contributed by atoms with Gasteiger partial charge in [-0.2, -0.15) is 0 Å². The van der Waals surface area contributed by atoms with Crippen LogP contribution in [0.15, 0.2) is 18.2 Å². The van der Waals surface area contributed by atoms with Crippen molar-refractivity contribution in [2.24, 2.45) is 0 Å². The second-order valence-electron chi connectivity index (χ2n) is 2.74. The predicted octanol–water partition coefficient (Wildman–Crippen LogP) is 2.34. The van der Waals surface area contributed by atoms with Gasteiger partial charge in [-0.25, -0.2) is 0 Å². The zero-order chi connectivity index (χ0) is 11.4. The van der Waals surface area contributed by atoms with Crippen molar-refractivity contribution < 1.29 is 14.3 Å². The van der Waals surface area contributed by atoms with Crippen LogP contribution in [0.1, 0.15) is 10.4 Å². The van der Waals surface area contributed by atoms with E-state index in [0.29, 0.717) is 5.75 Å². The Morgan fingerprint density at radius 1 is 1.40 bits per heavy atom. The van der Waals surface area contributed by atoms with Crippen LogP contribution < -0.4 is 4.74 Å². The van der Waals surface area contributed by atoms with E-state index in [4.69, 9.17) is 27.9 Å². The maximum atomic E-state index is 11.4. The molecule has 0 bridgehead atoms. The molecule has 3 nitrogen and oxygen atoms in total. The van der Waals surface area contributed by atoms with Crippen LogP contribution in [-0.2, 0) is 4.79 Å². The van der Waals surface area contributed by atoms with Gasteiger partial charge < -0.3 is 4.74 Å². The molecule has 0 radical (unpaired) electrons. The molecule has 0 N–H and O–H groups in total. The molecule has 1 aromatic rings. The summed E-state index contributed by atoms with van der Waals surface area (Å²) in [6, 6.07) is 4.38. The lowest BCUT2D eigenvalue weighted by atomic mass is 10.1. The summed E-state index contributed by atoms with van der Waals surface area (Å²) in [6.07, 6.45) is 0. The first-order chi connectivity index (χ1) is 7.10. The zero-order valence-electron chi connectivity index (χ0n) is 7.92. The van der Waals surface area contributed by atoms with Crippen molar-refractivity contribution in [2.45, 2.75) is 0 Å². The van der Waals surface area contributed by atoms with Crippen LogP contribution in [0.25, 0.3) is 0 Å². The fraction of sp³-hybridized carbons (Fsp3) is 0.200. The highest BCUT2D eigenvalue weighted by atomic mass is 35.5. The first kappa shape index (κ1) is 12.0. The third-order valence-electron chi connectivity index (χ3n) is 1.79. The minimum Gasteiger partial charge on any atom is -0.495 e. The van der Waals surface area contributed by atoms with Gasteiger partial charge in [0.25, 0.3) is 0 Å². The van der Waals surface area contributed by atoms with E-state index >= 15 is 0 Å². The van der Waals surface area contributed by atoms with E-state index in [1.165, 1.54) is 25.3 Å². The second-order valence-corrected chi connectivity index (χ2v) is 3.41. The Morgan fingerprint density at radius 2 is 2.07 bits per heavy atom. The Kier molecular flexibility index (Phi) is 4.12. The molecule has 0 atom stereocenters. The molecule has 5 heteroatoms. The molecular formula is C10H8Cl2O3. The highest BCUT2D eigenvalue weighted by Crippen LogP contribution is 2.25. The zero-order valence-corrected chi connectivity index (χ0v) is 9.43. The third kappa shape index (κ3) is 2.70. The number of carbonyl (C=O) groups excluding carboxylic acids is 2. The van der Waals surface area contributed by atoms with Gasteiger partial charge >= 0.3 is 0 Å². The van der Waals surface area contributed by atoms with Gasteiger partial charge in [0, 0.05) is 5.56 Å². The lowest BCUT2D eigenvalue weighted by Crippen LogP contribution is -2.15. The van der Waals surface area contributed by atoms with Gasteiger partial charge in [0.2, 0.25) is 11.6 Å². The lowest BCUT2D eigenvalue weighted by molar-refractivity contribution is -0.112. The fourth-order valence-electron chi connectivity index (χ4n) is 1.03. The predicted molar refractivity (Wildman–Crippen MR) is 58.1 cm³/mol. The Balaban J connectivity index is 3.02. The highest BCUT2D eigenvalue weighted by Gasteiger charge is 2.16. The molecule has 0 unspecified atom stereocenters. The summed E-state index contributed by atoms with van der Waals surface area (Å²) in [5.74, 6) is -1.18. The third-order valence-corrected chi connectivity index (χ3v) is 2.33. The summed E-state index contributed by atoms with van der Waals surface area (Å²) in [5, 5.41) is 0.283. The number of carbonyl (C=O) groups is 2. The molecule has 15 heavy (non-hydrogen) atoms. The number of alkyl halides is 1. The van der Waals surface area contributed by atoms with E-state index in [1.807, 2.05) is 0 Å². The molecule has 0 aliphatic rings. The van der Waals surface area contributed by atoms with Crippen molar-refractivity contribution in [1.82, 2.24) is 0 Å². The van der Waals surface area contributed by atoms with Gasteiger partial charge in [0.05, 0.1) is 18.0 Å². The van der Waals surface area contributed by atoms with Crippen LogP contribution in [0.2, 0.25) is 5.02 Å². The monoisotopic (exact) mass is 246 g/mol. The quantitative estimate of drug-likeness (QED) is 0.466. The number of rotatable bonds is 4. The molecule has 0 spiro atoms. The molecular weight excluding hydrogens is 239 g/mol. The molecule has 0 aliphatic carbocycles. The van der Waals surface area contributed by atoms with Crippen molar-refractivity contribution in [2.75, 3.05) is 13.0 Å². The van der Waals surface area contributed by atoms with Crippen molar-refractivity contribution in [1.29, 1.82) is 0 Å². The molecule has 0 aromatic heterocycles. The number of Topliss-reactive ketones (excluding diaryl/α,β-unsaturated/α-hetero) is 2. The molecule has 0 heterocycles. The van der Waals surface area contributed by atoms with Crippen LogP contribution in [0.5, 0.6) is 5.75 Å². The molecule has 1 rings (SSSR count). The Bertz CT molecular complexity index is 402. The van der Waals surface area contributed by atoms with Crippen LogP contribution in [0.3, 0.4) is 0 Å². The van der Waals surface area contributed by atoms with E-state index in [-0.39, 0.29) is 16.5 Å². The number of ether oxygens (including phenoxy) is 1. The second kappa shape index (κ2) is 5.14. The molecule has 0 fully saturated rings. The molecule has 0 saturated heterocycles. The Hall–Kier alpha value is -1.06. The molecule has 0 amide bonds. The van der Waals surface area contributed by atoms with Crippen molar-refractivity contribution in [3.05, 3.63) is 28.8 Å². The average molecular weight is 247 g/mol. The normalized spacial score (nSPS) is 9.80. The van der Waals surface area contributed by atoms with Crippen LogP contribution in [-0.4, -0.2) is 24.6 Å². The van der Waals surface area contributed by atoms with Crippen molar-refractivity contribution in [3.8, 4) is 5.75 Å². The van der Waals surface area contributed by atoms with E-state index in [0.717, 1.165) is 0 Å². The summed E-state index contributed by atoms with van der Waals surface area (Å²) >= 11 is 11.1. The molecule has 80 valence electrons. The number of methoxy groups -OCH3 is 1. The van der Waals surface area contributed by atoms with Crippen LogP contribution in [0, 0.1) is 0 Å². The first-order valence-corrected chi connectivity index (χ1v) is 4.98. The average Bonchev–Trinajstić information content (AvgIpc) is 2.26. The van der Waals surface area contributed by atoms with Gasteiger partial charge in [-0.05, 0) is 18.2 Å². The van der Waals surface area contributed by atoms with Crippen LogP contribution >= 0.6 is 23.2 Å². The van der Waals surface area contributed by atoms with Gasteiger partial charge in [-0.1, -0.05) is 11.6 Å². The van der Waals surface area contributed by atoms with Crippen LogP contribution in [0.4, 0.5) is 0 Å². The number of benzene rings is 1. The number of hydrogen-bond acceptors (Lipinski definition) is 3. The number of hydrogen-bond donors (Lipinski definition) is 0. The topological polar surface area (TPSA) is 43.4 Å². The minimum absolute atomic E-state index is 0.214. The fourth-order valence-corrected chi connectivity index (χ4v) is 1.41. The van der Waals surface area contributed by atoms with Gasteiger partial charge in [0.15, 0.2) is 0 Å². The van der Waals surface area contributed by atoms with Crippen molar-refractivity contribution >= 4 is 34.8 Å². The molecule has 1 aromatic carbocycles. The smallest absolute Gasteiger partial charge is 0.229 e. The largest absolute Gasteiger partial charge is 0.495 e. The van der Waals surface area contributed by atoms with Gasteiger partial charge in [-0.15, -0.1) is 11.6 Å². The summed E-state index contributed by atoms with van der Waals surface area (Å²) in [5.41, 5.74) is 0.214. The lowest BCUT2D eigenvalue weighted by Gasteiger charge is -2.04. The Labute approximate surface area is 96.9 Å². The van der Waals surface area contributed by atoms with E-state index in [2.05, 4.69) is 0 Å². The van der Waals surface area contributed by atoms with E-state index < -0.39 is 11.6 Å². The minimum atomic E-state index is -0.655. The van der Waals surface area contributed by atoms with Gasteiger partial charge in [0.1, 0.15) is 5.75 Å². The highest BCUT2D eigenvalue weighted by molar-refractivity contribution is 6.51. The summed E-state index contributed by atoms with van der Waals surface area (Å²) in [6.45, 7) is 0. The maximum absolute atomic E-state index is 11.4. The summed E-state index contributed by atoms with van der Waals surface area (Å²) in [7, 11) is 1.46. The van der Waals surface area contributed by atoms with Crippen molar-refractivity contribution in [3.63, 3.8) is 0 Å². The van der Waals surface area contributed by atoms with E-state index in [9.17, 15) is 9.59 Å². The SMILES string of the molecule is COc1ccc(C(=O)C(=O)CCl)cc1Cl. The first-order valence-electron chi connectivity index (χ1n) is 4.07.